The van der Waals surface area contributed by atoms with Crippen molar-refractivity contribution in [1.29, 1.82) is 0 Å². The van der Waals surface area contributed by atoms with Crippen molar-refractivity contribution in [3.8, 4) is 5.75 Å². The van der Waals surface area contributed by atoms with Crippen LogP contribution in [0.3, 0.4) is 0 Å². The quantitative estimate of drug-likeness (QED) is 0.426. The number of benzene rings is 3. The Kier molecular flexibility index (Phi) is 7.54. The number of rotatable bonds is 9. The summed E-state index contributed by atoms with van der Waals surface area (Å²) in [5.74, 6) is -1.06. The first-order chi connectivity index (χ1) is 15.1. The maximum absolute atomic E-state index is 12.8. The number of methoxy groups -OCH3 is 1. The van der Waals surface area contributed by atoms with Gasteiger partial charge in [0, 0.05) is 12.0 Å². The highest BCUT2D eigenvalue weighted by atomic mass is 16.5. The first kappa shape index (κ1) is 21.8. The predicted molar refractivity (Wildman–Crippen MR) is 116 cm³/mol. The average Bonchev–Trinajstić information content (AvgIpc) is 2.83. The Bertz CT molecular complexity index is 1030. The fraction of sp³-hybridized carbons (Fsp3) is 0.160. The smallest absolute Gasteiger partial charge is 0.329 e. The molecule has 0 radical (unpaired) electrons. The normalized spacial score (nSPS) is 11.3. The van der Waals surface area contributed by atoms with Gasteiger partial charge in [0.2, 0.25) is 5.78 Å². The van der Waals surface area contributed by atoms with Crippen LogP contribution < -0.4 is 10.1 Å². The second-order valence-electron chi connectivity index (χ2n) is 6.81. The Labute approximate surface area is 180 Å². The molecular weight excluding hydrogens is 394 g/mol. The molecule has 1 amide bonds. The third-order valence-corrected chi connectivity index (χ3v) is 4.66. The molecule has 1 N–H and O–H groups in total. The van der Waals surface area contributed by atoms with Crippen LogP contribution in [0.5, 0.6) is 5.75 Å². The third kappa shape index (κ3) is 6.02. The minimum Gasteiger partial charge on any atom is -0.496 e. The second kappa shape index (κ2) is 10.7. The molecule has 3 aromatic carbocycles. The van der Waals surface area contributed by atoms with Crippen LogP contribution in [0.15, 0.2) is 84.9 Å². The van der Waals surface area contributed by atoms with Gasteiger partial charge in [-0.1, -0.05) is 60.7 Å². The van der Waals surface area contributed by atoms with Crippen LogP contribution in [0.25, 0.3) is 0 Å². The highest BCUT2D eigenvalue weighted by Crippen LogP contribution is 2.18. The molecule has 158 valence electrons. The van der Waals surface area contributed by atoms with Gasteiger partial charge in [0.1, 0.15) is 11.8 Å². The molecule has 1 atom stereocenters. The number of nitrogens with one attached hydrogen (secondary N) is 1. The summed E-state index contributed by atoms with van der Waals surface area (Å²) in [4.78, 5) is 37.9. The molecule has 0 aromatic heterocycles. The summed E-state index contributed by atoms with van der Waals surface area (Å²) in [6.45, 7) is -0.453. The predicted octanol–water partition coefficient (Wildman–Crippen LogP) is 3.46. The highest BCUT2D eigenvalue weighted by Gasteiger charge is 2.25. The van der Waals surface area contributed by atoms with Crippen molar-refractivity contribution in [3.05, 3.63) is 102 Å². The van der Waals surface area contributed by atoms with E-state index >= 15 is 0 Å². The number of hydrogen-bond donors (Lipinski definition) is 1. The van der Waals surface area contributed by atoms with E-state index in [-0.39, 0.29) is 6.42 Å². The number of carbonyl (C=O) groups excluding carboxylic acids is 3. The van der Waals surface area contributed by atoms with Crippen molar-refractivity contribution in [2.24, 2.45) is 0 Å². The number of hydrogen-bond acceptors (Lipinski definition) is 5. The molecule has 0 bridgehead atoms. The van der Waals surface area contributed by atoms with E-state index in [1.165, 1.54) is 7.11 Å². The molecule has 6 nitrogen and oxygen atoms in total. The summed E-state index contributed by atoms with van der Waals surface area (Å²) in [5.41, 5.74) is 1.61. The van der Waals surface area contributed by atoms with Crippen LogP contribution in [-0.2, 0) is 16.0 Å². The Morgan fingerprint density at radius 1 is 0.839 bits per heavy atom. The van der Waals surface area contributed by atoms with Crippen molar-refractivity contribution in [2.45, 2.75) is 12.5 Å². The average molecular weight is 417 g/mol. The molecule has 3 rings (SSSR count). The monoisotopic (exact) mass is 417 g/mol. The fourth-order valence-corrected chi connectivity index (χ4v) is 3.06. The molecule has 6 heteroatoms. The van der Waals surface area contributed by atoms with Crippen molar-refractivity contribution < 1.29 is 23.9 Å². The van der Waals surface area contributed by atoms with Gasteiger partial charge >= 0.3 is 5.97 Å². The van der Waals surface area contributed by atoms with Crippen LogP contribution >= 0.6 is 0 Å². The van der Waals surface area contributed by atoms with Crippen LogP contribution in [0, 0.1) is 0 Å². The van der Waals surface area contributed by atoms with Crippen molar-refractivity contribution >= 4 is 17.7 Å². The van der Waals surface area contributed by atoms with Gasteiger partial charge in [0.25, 0.3) is 5.91 Å². The molecule has 0 unspecified atom stereocenters. The third-order valence-electron chi connectivity index (χ3n) is 4.66. The zero-order valence-electron chi connectivity index (χ0n) is 17.1. The van der Waals surface area contributed by atoms with Crippen LogP contribution in [0.2, 0.25) is 0 Å². The number of ether oxygens (including phenoxy) is 2. The topological polar surface area (TPSA) is 81.7 Å². The number of ketones is 1. The van der Waals surface area contributed by atoms with Crippen molar-refractivity contribution in [1.82, 2.24) is 5.32 Å². The number of para-hydroxylation sites is 1. The lowest BCUT2D eigenvalue weighted by Crippen LogP contribution is -2.43. The molecule has 31 heavy (non-hydrogen) atoms. The van der Waals surface area contributed by atoms with Gasteiger partial charge in [0.05, 0.1) is 12.7 Å². The van der Waals surface area contributed by atoms with Gasteiger partial charge < -0.3 is 14.8 Å². The number of amides is 1. The number of esters is 1. The minimum absolute atomic E-state index is 0.237. The maximum atomic E-state index is 12.8. The number of carbonyl (C=O) groups is 3. The molecule has 0 spiro atoms. The SMILES string of the molecule is COc1ccccc1C(=O)COC(=O)[C@@H](Cc1ccccc1)NC(=O)c1ccccc1. The van der Waals surface area contributed by atoms with Crippen LogP contribution in [-0.4, -0.2) is 37.4 Å². The second-order valence-corrected chi connectivity index (χ2v) is 6.81. The van der Waals surface area contributed by atoms with E-state index in [4.69, 9.17) is 9.47 Å². The first-order valence-corrected chi connectivity index (χ1v) is 9.81. The Hall–Kier alpha value is -3.93. The highest BCUT2D eigenvalue weighted by molar-refractivity contribution is 6.01. The maximum Gasteiger partial charge on any atom is 0.329 e. The van der Waals surface area contributed by atoms with E-state index in [9.17, 15) is 14.4 Å². The molecular formula is C25H23NO5. The molecule has 0 aliphatic carbocycles. The molecule has 0 saturated heterocycles. The molecule has 0 saturated carbocycles. The lowest BCUT2D eigenvalue weighted by Gasteiger charge is -2.18. The van der Waals surface area contributed by atoms with E-state index in [0.29, 0.717) is 16.9 Å². The van der Waals surface area contributed by atoms with Gasteiger partial charge in [-0.2, -0.15) is 0 Å². The van der Waals surface area contributed by atoms with E-state index in [1.807, 2.05) is 30.3 Å². The Morgan fingerprint density at radius 3 is 2.13 bits per heavy atom. The lowest BCUT2D eigenvalue weighted by molar-refractivity contribution is -0.144. The summed E-state index contributed by atoms with van der Waals surface area (Å²) in [5, 5.41) is 2.72. The zero-order valence-corrected chi connectivity index (χ0v) is 17.1. The molecule has 0 heterocycles. The van der Waals surface area contributed by atoms with E-state index in [0.717, 1.165) is 5.56 Å². The summed E-state index contributed by atoms with van der Waals surface area (Å²) in [6, 6.07) is 23.6. The summed E-state index contributed by atoms with van der Waals surface area (Å²) < 4.78 is 10.5. The van der Waals surface area contributed by atoms with E-state index in [2.05, 4.69) is 5.32 Å². The fourth-order valence-electron chi connectivity index (χ4n) is 3.06. The van der Waals surface area contributed by atoms with Gasteiger partial charge in [0.15, 0.2) is 6.61 Å². The standard InChI is InChI=1S/C25H23NO5/c1-30-23-15-9-8-14-20(23)22(27)17-31-25(29)21(16-18-10-4-2-5-11-18)26-24(28)19-12-6-3-7-13-19/h2-15,21H,16-17H2,1H3,(H,26,28)/t21-/m1/s1. The zero-order chi connectivity index (χ0) is 22.1. The van der Waals surface area contributed by atoms with E-state index < -0.39 is 30.3 Å². The minimum atomic E-state index is -0.944. The molecule has 0 fully saturated rings. The molecule has 0 aliphatic heterocycles. The van der Waals surface area contributed by atoms with Crippen molar-refractivity contribution in [3.63, 3.8) is 0 Å². The largest absolute Gasteiger partial charge is 0.496 e. The van der Waals surface area contributed by atoms with E-state index in [1.54, 1.807) is 54.6 Å². The Balaban J connectivity index is 1.70. The Morgan fingerprint density at radius 2 is 1.45 bits per heavy atom. The first-order valence-electron chi connectivity index (χ1n) is 9.81. The van der Waals surface area contributed by atoms with Gasteiger partial charge in [-0.15, -0.1) is 0 Å². The summed E-state index contributed by atoms with van der Waals surface area (Å²) in [7, 11) is 1.47. The van der Waals surface area contributed by atoms with Gasteiger partial charge in [-0.25, -0.2) is 4.79 Å². The van der Waals surface area contributed by atoms with Gasteiger partial charge in [-0.3, -0.25) is 9.59 Å². The van der Waals surface area contributed by atoms with Gasteiger partial charge in [-0.05, 0) is 29.8 Å². The van der Waals surface area contributed by atoms with Crippen LogP contribution in [0.1, 0.15) is 26.3 Å². The molecule has 3 aromatic rings. The van der Waals surface area contributed by atoms with Crippen molar-refractivity contribution in [2.75, 3.05) is 13.7 Å². The number of Topliss-reactive ketones (excluding diaryl/α,β-unsaturated/α-hetero) is 1. The molecule has 0 aliphatic rings. The summed E-state index contributed by atoms with van der Waals surface area (Å²) in [6.07, 6.45) is 0.237. The van der Waals surface area contributed by atoms with Crippen LogP contribution in [0.4, 0.5) is 0 Å². The lowest BCUT2D eigenvalue weighted by atomic mass is 10.1. The summed E-state index contributed by atoms with van der Waals surface area (Å²) >= 11 is 0.